The van der Waals surface area contributed by atoms with Crippen LogP contribution in [0, 0.1) is 5.41 Å². The van der Waals surface area contributed by atoms with Gasteiger partial charge in [0.1, 0.15) is 0 Å². The van der Waals surface area contributed by atoms with Gasteiger partial charge >= 0.3 is 0 Å². The van der Waals surface area contributed by atoms with Crippen molar-refractivity contribution in [1.29, 1.82) is 5.41 Å². The van der Waals surface area contributed by atoms with Crippen molar-refractivity contribution < 1.29 is 0 Å². The van der Waals surface area contributed by atoms with Crippen molar-refractivity contribution in [1.82, 2.24) is 4.57 Å². The zero-order valence-electron chi connectivity index (χ0n) is 19.0. The summed E-state index contributed by atoms with van der Waals surface area (Å²) in [6.07, 6.45) is 6.00. The molecule has 0 amide bonds. The third-order valence-electron chi connectivity index (χ3n) is 6.13. The first-order valence-corrected chi connectivity index (χ1v) is 11.4. The fourth-order valence-corrected chi connectivity index (χ4v) is 4.46. The van der Waals surface area contributed by atoms with Gasteiger partial charge in [-0.15, -0.1) is 0 Å². The molecule has 2 nitrogen and oxygen atoms in total. The first-order valence-electron chi connectivity index (χ1n) is 11.4. The van der Waals surface area contributed by atoms with Crippen LogP contribution in [0.5, 0.6) is 0 Å². The molecule has 1 aromatic heterocycles. The molecule has 164 valence electrons. The van der Waals surface area contributed by atoms with E-state index in [0.29, 0.717) is 12.1 Å². The largest absolute Gasteiger partial charge is 0.309 e. The fraction of sp³-hybridized carbons (Fsp3) is 0.0312. The second-order valence-corrected chi connectivity index (χ2v) is 8.41. The Hall–Kier alpha value is -4.43. The number of hydrogen-bond acceptors (Lipinski definition) is 1. The number of rotatable bonds is 7. The molecule has 4 aromatic carbocycles. The van der Waals surface area contributed by atoms with E-state index in [-0.39, 0.29) is 0 Å². The summed E-state index contributed by atoms with van der Waals surface area (Å²) in [6.45, 7) is 7.76. The van der Waals surface area contributed by atoms with Gasteiger partial charge in [0.15, 0.2) is 0 Å². The molecule has 0 spiro atoms. The van der Waals surface area contributed by atoms with Crippen LogP contribution in [-0.2, 0) is 0 Å². The number of nitrogens with zero attached hydrogens (tertiary/aromatic N) is 1. The van der Waals surface area contributed by atoms with Crippen LogP contribution in [0.4, 0.5) is 0 Å². The Labute approximate surface area is 200 Å². The Morgan fingerprint density at radius 3 is 2.21 bits per heavy atom. The molecule has 5 aromatic rings. The summed E-state index contributed by atoms with van der Waals surface area (Å²) in [5.41, 5.74) is 8.20. The Morgan fingerprint density at radius 1 is 0.765 bits per heavy atom. The predicted molar refractivity (Wildman–Crippen MR) is 146 cm³/mol. The lowest BCUT2D eigenvalue weighted by Crippen LogP contribution is -2.00. The molecule has 0 radical (unpaired) electrons. The summed E-state index contributed by atoms with van der Waals surface area (Å²) >= 11 is 0. The number of benzene rings is 4. The summed E-state index contributed by atoms with van der Waals surface area (Å²) in [7, 11) is 0. The Bertz CT molecular complexity index is 1550. The van der Waals surface area contributed by atoms with E-state index in [4.69, 9.17) is 5.41 Å². The third kappa shape index (κ3) is 4.02. The second kappa shape index (κ2) is 9.21. The lowest BCUT2D eigenvalue weighted by atomic mass is 10.0. The van der Waals surface area contributed by atoms with Crippen LogP contribution in [0.25, 0.3) is 38.6 Å². The van der Waals surface area contributed by atoms with Crippen molar-refractivity contribution in [3.05, 3.63) is 140 Å². The van der Waals surface area contributed by atoms with Crippen molar-refractivity contribution in [3.8, 4) is 16.8 Å². The minimum atomic E-state index is 0.509. The van der Waals surface area contributed by atoms with Crippen molar-refractivity contribution in [2.75, 3.05) is 0 Å². The Kier molecular flexibility index (Phi) is 5.80. The van der Waals surface area contributed by atoms with Gasteiger partial charge in [0, 0.05) is 28.6 Å². The highest BCUT2D eigenvalue weighted by Gasteiger charge is 2.14. The summed E-state index contributed by atoms with van der Waals surface area (Å²) in [5, 5.41) is 11.0. The normalized spacial score (nSPS) is 11.3. The second-order valence-electron chi connectivity index (χ2n) is 8.41. The van der Waals surface area contributed by atoms with Gasteiger partial charge in [-0.25, -0.2) is 0 Å². The first kappa shape index (κ1) is 21.4. The fourth-order valence-electron chi connectivity index (χ4n) is 4.46. The smallest absolute Gasteiger partial charge is 0.0541 e. The summed E-state index contributed by atoms with van der Waals surface area (Å²) in [5.74, 6) is 0. The molecule has 34 heavy (non-hydrogen) atoms. The molecule has 5 rings (SSSR count). The molecule has 0 fully saturated rings. The van der Waals surface area contributed by atoms with Gasteiger partial charge in [-0.1, -0.05) is 98.1 Å². The van der Waals surface area contributed by atoms with Gasteiger partial charge in [-0.2, -0.15) is 0 Å². The summed E-state index contributed by atoms with van der Waals surface area (Å²) in [4.78, 5) is 0. The topological polar surface area (TPSA) is 28.8 Å². The van der Waals surface area contributed by atoms with Gasteiger partial charge in [0.2, 0.25) is 0 Å². The van der Waals surface area contributed by atoms with E-state index in [9.17, 15) is 0 Å². The lowest BCUT2D eigenvalue weighted by Gasteiger charge is -2.10. The van der Waals surface area contributed by atoms with E-state index in [1.54, 1.807) is 6.08 Å². The monoisotopic (exact) mass is 438 g/mol. The molecule has 0 aliphatic carbocycles. The zero-order chi connectivity index (χ0) is 23.5. The van der Waals surface area contributed by atoms with Crippen LogP contribution in [0.15, 0.2) is 134 Å². The van der Waals surface area contributed by atoms with Crippen LogP contribution < -0.4 is 0 Å². The van der Waals surface area contributed by atoms with Gasteiger partial charge in [0.05, 0.1) is 11.0 Å². The minimum absolute atomic E-state index is 0.509. The van der Waals surface area contributed by atoms with E-state index in [2.05, 4.69) is 103 Å². The summed E-state index contributed by atoms with van der Waals surface area (Å²) in [6, 6.07) is 33.9. The average Bonchev–Trinajstić information content (AvgIpc) is 3.22. The maximum Gasteiger partial charge on any atom is 0.0541 e. The van der Waals surface area contributed by atoms with E-state index in [1.807, 2.05) is 24.3 Å². The number of allylic oxidation sites excluding steroid dienone is 4. The number of nitrogens with one attached hydrogen (secondary N) is 1. The van der Waals surface area contributed by atoms with E-state index in [1.165, 1.54) is 16.5 Å². The summed E-state index contributed by atoms with van der Waals surface area (Å²) < 4.78 is 2.30. The molecular weight excluding hydrogens is 412 g/mol. The van der Waals surface area contributed by atoms with E-state index in [0.717, 1.165) is 33.2 Å². The SMILES string of the molecule is C=C/C=C\C(=C)CC(=N)c1ccc2c(c1)c1ccccc1n2-c1ccc(-c2ccccc2)cc1. The van der Waals surface area contributed by atoms with Gasteiger partial charge in [0.25, 0.3) is 0 Å². The highest BCUT2D eigenvalue weighted by Crippen LogP contribution is 2.33. The predicted octanol–water partition coefficient (Wildman–Crippen LogP) is 8.51. The molecular formula is C32H26N2. The number of para-hydroxylation sites is 1. The molecule has 0 aliphatic heterocycles. The number of aromatic nitrogens is 1. The first-order chi connectivity index (χ1) is 16.7. The van der Waals surface area contributed by atoms with Crippen molar-refractivity contribution in [2.45, 2.75) is 6.42 Å². The van der Waals surface area contributed by atoms with Crippen LogP contribution >= 0.6 is 0 Å². The Morgan fingerprint density at radius 2 is 1.44 bits per heavy atom. The standard InChI is InChI=1S/C32H26N2/c1-3-4-10-23(2)21-30(33)26-17-20-32-29(22-26)28-13-8-9-14-31(28)34(32)27-18-15-25(16-19-27)24-11-6-5-7-12-24/h3-20,22,33H,1-2,21H2/b10-4-,33-30?. The van der Waals surface area contributed by atoms with Crippen LogP contribution in [0.3, 0.4) is 0 Å². The lowest BCUT2D eigenvalue weighted by molar-refractivity contribution is 1.18. The van der Waals surface area contributed by atoms with Crippen molar-refractivity contribution >= 4 is 27.5 Å². The maximum atomic E-state index is 8.63. The number of hydrogen-bond donors (Lipinski definition) is 1. The third-order valence-corrected chi connectivity index (χ3v) is 6.13. The quantitative estimate of drug-likeness (QED) is 0.195. The van der Waals surface area contributed by atoms with E-state index < -0.39 is 0 Å². The van der Waals surface area contributed by atoms with Crippen LogP contribution in [0.2, 0.25) is 0 Å². The van der Waals surface area contributed by atoms with Crippen LogP contribution in [0.1, 0.15) is 12.0 Å². The maximum absolute atomic E-state index is 8.63. The highest BCUT2D eigenvalue weighted by molar-refractivity contribution is 6.12. The zero-order valence-corrected chi connectivity index (χ0v) is 19.0. The molecule has 0 saturated carbocycles. The molecule has 0 bridgehead atoms. The van der Waals surface area contributed by atoms with Crippen molar-refractivity contribution in [2.24, 2.45) is 0 Å². The number of fused-ring (bicyclic) bond motifs is 3. The molecule has 0 aliphatic rings. The molecule has 0 atom stereocenters. The average molecular weight is 439 g/mol. The van der Waals surface area contributed by atoms with Gasteiger partial charge in [-0.3, -0.25) is 0 Å². The molecule has 1 N–H and O–H groups in total. The minimum Gasteiger partial charge on any atom is -0.309 e. The van der Waals surface area contributed by atoms with Gasteiger partial charge in [-0.05, 0) is 52.6 Å². The van der Waals surface area contributed by atoms with Crippen LogP contribution in [-0.4, -0.2) is 10.3 Å². The highest BCUT2D eigenvalue weighted by atomic mass is 15.0. The molecule has 0 saturated heterocycles. The Balaban J connectivity index is 1.58. The molecule has 0 unspecified atom stereocenters. The van der Waals surface area contributed by atoms with E-state index >= 15 is 0 Å². The van der Waals surface area contributed by atoms with Gasteiger partial charge < -0.3 is 9.98 Å². The van der Waals surface area contributed by atoms with Crippen molar-refractivity contribution in [3.63, 3.8) is 0 Å². The molecule has 2 heteroatoms. The molecule has 1 heterocycles.